The molecule has 0 saturated carbocycles. The highest BCUT2D eigenvalue weighted by molar-refractivity contribution is 7.82. The van der Waals surface area contributed by atoms with Crippen molar-refractivity contribution >= 4 is 30.3 Å². The molecule has 0 radical (unpaired) electrons. The van der Waals surface area contributed by atoms with Crippen molar-refractivity contribution in [3.05, 3.63) is 24.2 Å². The van der Waals surface area contributed by atoms with Crippen LogP contribution in [0.1, 0.15) is 37.0 Å². The Bertz CT molecular complexity index is 581. The van der Waals surface area contributed by atoms with Gasteiger partial charge in [0.1, 0.15) is 12.3 Å². The van der Waals surface area contributed by atoms with Gasteiger partial charge in [0, 0.05) is 12.5 Å². The van der Waals surface area contributed by atoms with Crippen LogP contribution in [0.4, 0.5) is 0 Å². The van der Waals surface area contributed by atoms with Crippen molar-refractivity contribution in [1.82, 2.24) is 4.90 Å². The second-order valence-electron chi connectivity index (χ2n) is 5.74. The van der Waals surface area contributed by atoms with Crippen molar-refractivity contribution in [2.45, 2.75) is 37.5 Å². The zero-order valence-electron chi connectivity index (χ0n) is 12.5. The fourth-order valence-corrected chi connectivity index (χ4v) is 2.90. The van der Waals surface area contributed by atoms with Crippen molar-refractivity contribution in [2.24, 2.45) is 5.92 Å². The molecular weight excluding hydrogens is 306 g/mol. The third-order valence-corrected chi connectivity index (χ3v) is 4.85. The van der Waals surface area contributed by atoms with E-state index in [9.17, 15) is 19.5 Å². The Morgan fingerprint density at radius 3 is 2.73 bits per heavy atom. The number of furan rings is 1. The molecule has 2 unspecified atom stereocenters. The summed E-state index contributed by atoms with van der Waals surface area (Å²) in [6, 6.07) is 0.693. The number of rotatable bonds is 5. The zero-order valence-corrected chi connectivity index (χ0v) is 13.4. The van der Waals surface area contributed by atoms with Gasteiger partial charge in [0.25, 0.3) is 0 Å². The summed E-state index contributed by atoms with van der Waals surface area (Å²) >= 11 is 4.40. The lowest BCUT2D eigenvalue weighted by Crippen LogP contribution is -2.52. The minimum absolute atomic E-state index is 0.259. The molecule has 1 fully saturated rings. The molecule has 1 aromatic rings. The molecule has 2 rings (SSSR count). The Kier molecular flexibility index (Phi) is 4.65. The number of amides is 1. The molecule has 7 heteroatoms. The SMILES string of the molecule is CC(C(=O)c1ccoc1)C(C)(S)C(=O)N1CCC[C@H]1C(=O)O. The van der Waals surface area contributed by atoms with Gasteiger partial charge in [-0.2, -0.15) is 12.6 Å². The Balaban J connectivity index is 2.19. The standard InChI is InChI=1S/C15H19NO5S/c1-9(12(17)10-5-7-21-8-10)15(2,22)14(20)16-6-3-4-11(16)13(18)19/h5,7-9,11,22H,3-4,6H2,1-2H3,(H,18,19)/t9?,11-,15?/m0/s1. The monoisotopic (exact) mass is 325 g/mol. The number of aliphatic carboxylic acids is 1. The summed E-state index contributed by atoms with van der Waals surface area (Å²) in [6.07, 6.45) is 3.77. The largest absolute Gasteiger partial charge is 0.480 e. The molecule has 1 aromatic heterocycles. The molecule has 0 spiro atoms. The van der Waals surface area contributed by atoms with Gasteiger partial charge in [-0.3, -0.25) is 9.59 Å². The summed E-state index contributed by atoms with van der Waals surface area (Å²) in [6.45, 7) is 3.54. The third-order valence-electron chi connectivity index (χ3n) is 4.27. The summed E-state index contributed by atoms with van der Waals surface area (Å²) in [7, 11) is 0. The summed E-state index contributed by atoms with van der Waals surface area (Å²) in [5.74, 6) is -2.42. The predicted octanol–water partition coefficient (Wildman–Crippen LogP) is 1.86. The number of carboxylic acids is 1. The number of thiol groups is 1. The number of hydrogen-bond donors (Lipinski definition) is 2. The number of ketones is 1. The molecule has 1 aliphatic heterocycles. The van der Waals surface area contributed by atoms with Crippen LogP contribution in [0, 0.1) is 5.92 Å². The average Bonchev–Trinajstić information content (AvgIpc) is 3.15. The summed E-state index contributed by atoms with van der Waals surface area (Å²) in [5, 5.41) is 9.20. The minimum Gasteiger partial charge on any atom is -0.480 e. The minimum atomic E-state index is -1.29. The molecule has 0 aromatic carbocycles. The average molecular weight is 325 g/mol. The Morgan fingerprint density at radius 2 is 2.18 bits per heavy atom. The van der Waals surface area contributed by atoms with Gasteiger partial charge in [-0.15, -0.1) is 0 Å². The van der Waals surface area contributed by atoms with Gasteiger partial charge in [0.05, 0.1) is 16.6 Å². The van der Waals surface area contributed by atoms with E-state index in [1.54, 1.807) is 13.8 Å². The van der Waals surface area contributed by atoms with Crippen molar-refractivity contribution in [3.63, 3.8) is 0 Å². The topological polar surface area (TPSA) is 87.8 Å². The number of hydrogen-bond acceptors (Lipinski definition) is 5. The highest BCUT2D eigenvalue weighted by Gasteiger charge is 2.46. The van der Waals surface area contributed by atoms with Gasteiger partial charge >= 0.3 is 5.97 Å². The van der Waals surface area contributed by atoms with Crippen LogP contribution in [0.15, 0.2) is 23.0 Å². The predicted molar refractivity (Wildman–Crippen MR) is 82.0 cm³/mol. The first-order valence-corrected chi connectivity index (χ1v) is 7.54. The van der Waals surface area contributed by atoms with E-state index in [2.05, 4.69) is 12.6 Å². The van der Waals surface area contributed by atoms with Gasteiger partial charge in [-0.25, -0.2) is 4.79 Å². The van der Waals surface area contributed by atoms with Gasteiger partial charge in [-0.05, 0) is 25.8 Å². The molecule has 1 saturated heterocycles. The van der Waals surface area contributed by atoms with E-state index in [0.717, 1.165) is 0 Å². The number of Topliss-reactive ketones (excluding diaryl/α,β-unsaturated/α-hetero) is 1. The number of carboxylic acid groups (broad SMARTS) is 1. The van der Waals surface area contributed by atoms with Crippen LogP contribution in [-0.4, -0.2) is 45.0 Å². The summed E-state index contributed by atoms with van der Waals surface area (Å²) in [5.41, 5.74) is 0.372. The first-order valence-electron chi connectivity index (χ1n) is 7.09. The highest BCUT2D eigenvalue weighted by atomic mass is 32.1. The van der Waals surface area contributed by atoms with Crippen LogP contribution >= 0.6 is 12.6 Å². The molecule has 1 N–H and O–H groups in total. The number of carbonyl (C=O) groups is 3. The fraction of sp³-hybridized carbons (Fsp3) is 0.533. The van der Waals surface area contributed by atoms with Crippen molar-refractivity contribution in [3.8, 4) is 0 Å². The zero-order chi connectivity index (χ0) is 16.5. The second-order valence-corrected chi connectivity index (χ2v) is 6.67. The van der Waals surface area contributed by atoms with Crippen LogP contribution in [0.5, 0.6) is 0 Å². The molecular formula is C15H19NO5S. The molecule has 0 aliphatic carbocycles. The van der Waals surface area contributed by atoms with Crippen molar-refractivity contribution in [1.29, 1.82) is 0 Å². The van der Waals surface area contributed by atoms with Gasteiger partial charge < -0.3 is 14.4 Å². The van der Waals surface area contributed by atoms with Crippen LogP contribution < -0.4 is 0 Å². The smallest absolute Gasteiger partial charge is 0.326 e. The summed E-state index contributed by atoms with van der Waals surface area (Å²) < 4.78 is 3.60. The maximum atomic E-state index is 12.7. The maximum absolute atomic E-state index is 12.7. The van der Waals surface area contributed by atoms with Gasteiger partial charge in [-0.1, -0.05) is 6.92 Å². The molecule has 22 heavy (non-hydrogen) atoms. The molecule has 3 atom stereocenters. The van der Waals surface area contributed by atoms with E-state index in [1.807, 2.05) is 0 Å². The fourth-order valence-electron chi connectivity index (χ4n) is 2.65. The first kappa shape index (κ1) is 16.6. The van der Waals surface area contributed by atoms with Crippen LogP contribution in [0.25, 0.3) is 0 Å². The van der Waals surface area contributed by atoms with E-state index >= 15 is 0 Å². The molecule has 1 amide bonds. The maximum Gasteiger partial charge on any atom is 0.326 e. The van der Waals surface area contributed by atoms with Crippen molar-refractivity contribution in [2.75, 3.05) is 6.54 Å². The third kappa shape index (κ3) is 2.90. The van der Waals surface area contributed by atoms with E-state index in [0.29, 0.717) is 24.9 Å². The Labute approximate surface area is 133 Å². The number of nitrogens with zero attached hydrogens (tertiary/aromatic N) is 1. The second kappa shape index (κ2) is 6.16. The van der Waals surface area contributed by atoms with Gasteiger partial charge in [0.15, 0.2) is 5.78 Å². The van der Waals surface area contributed by atoms with E-state index in [1.165, 1.54) is 23.5 Å². The van der Waals surface area contributed by atoms with Gasteiger partial charge in [0.2, 0.25) is 5.91 Å². The lowest BCUT2D eigenvalue weighted by molar-refractivity contribution is -0.149. The number of likely N-dealkylation sites (tertiary alicyclic amines) is 1. The quantitative estimate of drug-likeness (QED) is 0.637. The van der Waals surface area contributed by atoms with Crippen molar-refractivity contribution < 1.29 is 23.9 Å². The molecule has 2 heterocycles. The lowest BCUT2D eigenvalue weighted by atomic mass is 9.87. The molecule has 1 aliphatic rings. The van der Waals surface area contributed by atoms with E-state index in [-0.39, 0.29) is 5.78 Å². The normalized spacial score (nSPS) is 22.1. The van der Waals surface area contributed by atoms with E-state index < -0.39 is 28.6 Å². The molecule has 0 bridgehead atoms. The summed E-state index contributed by atoms with van der Waals surface area (Å²) in [4.78, 5) is 37.6. The molecule has 120 valence electrons. The lowest BCUT2D eigenvalue weighted by Gasteiger charge is -2.34. The Morgan fingerprint density at radius 1 is 1.50 bits per heavy atom. The highest BCUT2D eigenvalue weighted by Crippen LogP contribution is 2.32. The van der Waals surface area contributed by atoms with Crippen LogP contribution in [0.3, 0.4) is 0 Å². The number of carbonyl (C=O) groups excluding carboxylic acids is 2. The van der Waals surface area contributed by atoms with E-state index in [4.69, 9.17) is 4.42 Å². The van der Waals surface area contributed by atoms with Crippen LogP contribution in [0.2, 0.25) is 0 Å². The van der Waals surface area contributed by atoms with Crippen LogP contribution in [-0.2, 0) is 9.59 Å². The first-order chi connectivity index (χ1) is 10.3. The molecule has 6 nitrogen and oxygen atoms in total. The Hall–Kier alpha value is -1.76.